The second kappa shape index (κ2) is 5.84. The van der Waals surface area contributed by atoms with Gasteiger partial charge in [-0.2, -0.15) is 0 Å². The van der Waals surface area contributed by atoms with Gasteiger partial charge in [0.2, 0.25) is 5.91 Å². The van der Waals surface area contributed by atoms with Crippen LogP contribution in [0.1, 0.15) is 19.0 Å². The largest absolute Gasteiger partial charge is 0.393 e. The molecular formula is C14H19N3O2. The summed E-state index contributed by atoms with van der Waals surface area (Å²) in [5.41, 5.74) is 1.61. The Hall–Kier alpha value is -1.88. The number of amides is 1. The number of carbonyl (C=O) groups is 1. The first-order valence-corrected chi connectivity index (χ1v) is 6.41. The fourth-order valence-electron chi connectivity index (χ4n) is 1.87. The first-order chi connectivity index (χ1) is 9.06. The van der Waals surface area contributed by atoms with E-state index < -0.39 is 0 Å². The van der Waals surface area contributed by atoms with Gasteiger partial charge in [0.1, 0.15) is 5.65 Å². The lowest BCUT2D eigenvalue weighted by Crippen LogP contribution is -2.30. The molecule has 0 spiro atoms. The van der Waals surface area contributed by atoms with Gasteiger partial charge < -0.3 is 14.4 Å². The number of nitrogens with zero attached hydrogens (tertiary/aromatic N) is 3. The van der Waals surface area contributed by atoms with E-state index in [0.29, 0.717) is 13.0 Å². The quantitative estimate of drug-likeness (QED) is 0.877. The number of aliphatic hydroxyl groups is 1. The van der Waals surface area contributed by atoms with Gasteiger partial charge in [-0.1, -0.05) is 6.07 Å². The molecule has 2 aromatic rings. The van der Waals surface area contributed by atoms with Gasteiger partial charge in [0, 0.05) is 26.0 Å². The van der Waals surface area contributed by atoms with Crippen LogP contribution in [0.3, 0.4) is 0 Å². The summed E-state index contributed by atoms with van der Waals surface area (Å²) in [7, 11) is 1.75. The number of pyridine rings is 1. The van der Waals surface area contributed by atoms with Crippen LogP contribution in [0.2, 0.25) is 0 Å². The number of hydrogen-bond donors (Lipinski definition) is 1. The predicted octanol–water partition coefficient (Wildman–Crippen LogP) is 1.11. The number of likely N-dealkylation sites (N-methyl/N-ethyl adjacent to an activating group) is 1. The van der Waals surface area contributed by atoms with Crippen molar-refractivity contribution in [3.8, 4) is 0 Å². The van der Waals surface area contributed by atoms with Crippen LogP contribution >= 0.6 is 0 Å². The van der Waals surface area contributed by atoms with Gasteiger partial charge >= 0.3 is 0 Å². The Labute approximate surface area is 112 Å². The monoisotopic (exact) mass is 261 g/mol. The molecule has 1 unspecified atom stereocenters. The minimum absolute atomic E-state index is 0.0176. The van der Waals surface area contributed by atoms with E-state index in [-0.39, 0.29) is 18.4 Å². The van der Waals surface area contributed by atoms with Crippen molar-refractivity contribution in [3.63, 3.8) is 0 Å². The van der Waals surface area contributed by atoms with Crippen LogP contribution in [0, 0.1) is 0 Å². The molecule has 19 heavy (non-hydrogen) atoms. The molecule has 2 aromatic heterocycles. The molecule has 0 aliphatic heterocycles. The third kappa shape index (κ3) is 3.54. The molecule has 0 fully saturated rings. The van der Waals surface area contributed by atoms with Crippen molar-refractivity contribution in [1.82, 2.24) is 14.3 Å². The molecule has 1 atom stereocenters. The average Bonchev–Trinajstić information content (AvgIpc) is 2.77. The molecule has 0 saturated carbocycles. The Bertz CT molecular complexity index is 530. The highest BCUT2D eigenvalue weighted by molar-refractivity contribution is 5.78. The second-order valence-corrected chi connectivity index (χ2v) is 4.83. The Morgan fingerprint density at radius 2 is 2.32 bits per heavy atom. The summed E-state index contributed by atoms with van der Waals surface area (Å²) >= 11 is 0. The van der Waals surface area contributed by atoms with Gasteiger partial charge in [-0.3, -0.25) is 4.79 Å². The highest BCUT2D eigenvalue weighted by atomic mass is 16.3. The zero-order valence-electron chi connectivity index (χ0n) is 11.3. The second-order valence-electron chi connectivity index (χ2n) is 4.83. The van der Waals surface area contributed by atoms with Gasteiger partial charge in [0.05, 0.1) is 18.2 Å². The number of imidazole rings is 1. The SMILES string of the molecule is CC(O)CCN(C)C(=O)Cc1cn2ccccc2n1. The van der Waals surface area contributed by atoms with Gasteiger partial charge in [0.15, 0.2) is 0 Å². The minimum atomic E-state index is -0.384. The molecule has 0 radical (unpaired) electrons. The third-order valence-electron chi connectivity index (χ3n) is 3.05. The Kier molecular flexibility index (Phi) is 4.16. The average molecular weight is 261 g/mol. The molecule has 2 heterocycles. The molecular weight excluding hydrogens is 242 g/mol. The Morgan fingerprint density at radius 1 is 1.53 bits per heavy atom. The van der Waals surface area contributed by atoms with Crippen molar-refractivity contribution in [3.05, 3.63) is 36.3 Å². The summed E-state index contributed by atoms with van der Waals surface area (Å²) in [5, 5.41) is 9.21. The number of rotatable bonds is 5. The Balaban J connectivity index is 1.98. The van der Waals surface area contributed by atoms with E-state index in [1.54, 1.807) is 18.9 Å². The predicted molar refractivity (Wildman–Crippen MR) is 72.8 cm³/mol. The highest BCUT2D eigenvalue weighted by Gasteiger charge is 2.12. The zero-order valence-corrected chi connectivity index (χ0v) is 11.3. The number of aromatic nitrogens is 2. The summed E-state index contributed by atoms with van der Waals surface area (Å²) in [4.78, 5) is 18.0. The van der Waals surface area contributed by atoms with Crippen molar-refractivity contribution >= 4 is 11.6 Å². The molecule has 0 saturated heterocycles. The van der Waals surface area contributed by atoms with Gasteiger partial charge in [-0.05, 0) is 25.5 Å². The fourth-order valence-corrected chi connectivity index (χ4v) is 1.87. The molecule has 1 N–H and O–H groups in total. The summed E-state index contributed by atoms with van der Waals surface area (Å²) in [6.07, 6.45) is 4.28. The van der Waals surface area contributed by atoms with Gasteiger partial charge in [0.25, 0.3) is 0 Å². The topological polar surface area (TPSA) is 57.8 Å². The first kappa shape index (κ1) is 13.5. The number of carbonyl (C=O) groups excluding carboxylic acids is 1. The maximum atomic E-state index is 12.0. The van der Waals surface area contributed by atoms with E-state index in [9.17, 15) is 9.90 Å². The molecule has 0 aliphatic rings. The third-order valence-corrected chi connectivity index (χ3v) is 3.05. The van der Waals surface area contributed by atoms with Crippen LogP contribution in [0.15, 0.2) is 30.6 Å². The lowest BCUT2D eigenvalue weighted by Gasteiger charge is -2.17. The first-order valence-electron chi connectivity index (χ1n) is 6.41. The number of fused-ring (bicyclic) bond motifs is 1. The lowest BCUT2D eigenvalue weighted by molar-refractivity contribution is -0.129. The van der Waals surface area contributed by atoms with E-state index in [1.165, 1.54) is 0 Å². The van der Waals surface area contributed by atoms with E-state index >= 15 is 0 Å². The van der Waals surface area contributed by atoms with E-state index in [0.717, 1.165) is 11.3 Å². The van der Waals surface area contributed by atoms with Crippen LogP contribution in [0.25, 0.3) is 5.65 Å². The van der Waals surface area contributed by atoms with Crippen molar-refractivity contribution in [1.29, 1.82) is 0 Å². The lowest BCUT2D eigenvalue weighted by atomic mass is 10.2. The number of aliphatic hydroxyl groups excluding tert-OH is 1. The highest BCUT2D eigenvalue weighted by Crippen LogP contribution is 2.06. The molecule has 0 aromatic carbocycles. The number of hydrogen-bond acceptors (Lipinski definition) is 3. The van der Waals surface area contributed by atoms with Crippen LogP contribution in [-0.4, -0.2) is 45.0 Å². The molecule has 102 valence electrons. The van der Waals surface area contributed by atoms with Crippen LogP contribution in [0.4, 0.5) is 0 Å². The minimum Gasteiger partial charge on any atom is -0.393 e. The maximum absolute atomic E-state index is 12.0. The van der Waals surface area contributed by atoms with E-state index in [4.69, 9.17) is 0 Å². The molecule has 5 heteroatoms. The molecule has 0 aliphatic carbocycles. The molecule has 1 amide bonds. The maximum Gasteiger partial charge on any atom is 0.228 e. The molecule has 5 nitrogen and oxygen atoms in total. The van der Waals surface area contributed by atoms with Crippen LogP contribution < -0.4 is 0 Å². The zero-order chi connectivity index (χ0) is 13.8. The summed E-state index contributed by atoms with van der Waals surface area (Å²) < 4.78 is 1.90. The van der Waals surface area contributed by atoms with Crippen molar-refractivity contribution in [2.45, 2.75) is 25.9 Å². The van der Waals surface area contributed by atoms with Crippen molar-refractivity contribution in [2.75, 3.05) is 13.6 Å². The standard InChI is InChI=1S/C14H19N3O2/c1-11(18)6-8-16(2)14(19)9-12-10-17-7-4-3-5-13(17)15-12/h3-5,7,10-11,18H,6,8-9H2,1-2H3. The summed E-state index contributed by atoms with van der Waals surface area (Å²) in [6.45, 7) is 2.28. The smallest absolute Gasteiger partial charge is 0.228 e. The van der Waals surface area contributed by atoms with E-state index in [2.05, 4.69) is 4.98 Å². The van der Waals surface area contributed by atoms with Crippen LogP contribution in [0.5, 0.6) is 0 Å². The molecule has 2 rings (SSSR count). The summed E-state index contributed by atoms with van der Waals surface area (Å²) in [6, 6.07) is 5.75. The summed E-state index contributed by atoms with van der Waals surface area (Å²) in [5.74, 6) is 0.0176. The van der Waals surface area contributed by atoms with Gasteiger partial charge in [-0.15, -0.1) is 0 Å². The van der Waals surface area contributed by atoms with E-state index in [1.807, 2.05) is 35.0 Å². The molecule has 0 bridgehead atoms. The van der Waals surface area contributed by atoms with Crippen molar-refractivity contribution in [2.24, 2.45) is 0 Å². The van der Waals surface area contributed by atoms with Crippen LogP contribution in [-0.2, 0) is 11.2 Å². The normalized spacial score (nSPS) is 12.6. The van der Waals surface area contributed by atoms with Gasteiger partial charge in [-0.25, -0.2) is 4.98 Å². The van der Waals surface area contributed by atoms with Crippen molar-refractivity contribution < 1.29 is 9.90 Å². The fraction of sp³-hybridized carbons (Fsp3) is 0.429. The Morgan fingerprint density at radius 3 is 3.00 bits per heavy atom.